The van der Waals surface area contributed by atoms with Crippen molar-refractivity contribution in [3.8, 4) is 0 Å². The molecule has 0 atom stereocenters. The summed E-state index contributed by atoms with van der Waals surface area (Å²) in [5.41, 5.74) is 7.68. The molecule has 0 amide bonds. The second-order valence-electron chi connectivity index (χ2n) is 3.27. The van der Waals surface area contributed by atoms with E-state index in [2.05, 4.69) is 38.0 Å². The van der Waals surface area contributed by atoms with Crippen LogP contribution in [0.2, 0.25) is 0 Å². The van der Waals surface area contributed by atoms with E-state index in [4.69, 9.17) is 5.73 Å². The Kier molecular flexibility index (Phi) is 2.72. The van der Waals surface area contributed by atoms with Crippen molar-refractivity contribution >= 4 is 27.3 Å². The number of nitrogens with two attached hydrogens (primary N) is 1. The molecule has 3 nitrogen and oxygen atoms in total. The van der Waals surface area contributed by atoms with Gasteiger partial charge in [0.05, 0.1) is 22.0 Å². The van der Waals surface area contributed by atoms with Gasteiger partial charge in [0.15, 0.2) is 0 Å². The van der Waals surface area contributed by atoms with Crippen molar-refractivity contribution in [2.24, 2.45) is 0 Å². The maximum atomic E-state index is 5.89. The van der Waals surface area contributed by atoms with Crippen LogP contribution in [0, 0.1) is 0 Å². The predicted octanol–water partition coefficient (Wildman–Crippen LogP) is 2.19. The van der Waals surface area contributed by atoms with Crippen molar-refractivity contribution in [2.45, 2.75) is 6.42 Å². The van der Waals surface area contributed by atoms with Crippen LogP contribution in [0.15, 0.2) is 29.0 Å². The molecule has 0 aromatic carbocycles. The van der Waals surface area contributed by atoms with Gasteiger partial charge in [-0.25, -0.2) is 0 Å². The van der Waals surface area contributed by atoms with E-state index >= 15 is 0 Å². The van der Waals surface area contributed by atoms with E-state index in [1.807, 2.05) is 0 Å². The Morgan fingerprint density at radius 1 is 1.36 bits per heavy atom. The Labute approximate surface area is 91.7 Å². The molecule has 0 unspecified atom stereocenters. The first-order valence-electron chi connectivity index (χ1n) is 4.58. The third kappa shape index (κ3) is 1.75. The number of pyridine rings is 1. The molecule has 2 heterocycles. The van der Waals surface area contributed by atoms with Gasteiger partial charge in [0.25, 0.3) is 0 Å². The largest absolute Gasteiger partial charge is 0.396 e. The fraction of sp³-hybridized carbons (Fsp3) is 0.300. The van der Waals surface area contributed by atoms with Gasteiger partial charge in [-0.3, -0.25) is 4.98 Å². The average molecular weight is 254 g/mol. The number of nitrogen functional groups attached to an aromatic ring is 1. The van der Waals surface area contributed by atoms with Gasteiger partial charge in [0.1, 0.15) is 0 Å². The van der Waals surface area contributed by atoms with Crippen LogP contribution in [0.1, 0.15) is 6.42 Å². The number of aromatic nitrogens is 1. The molecule has 4 heteroatoms. The zero-order chi connectivity index (χ0) is 9.97. The Balaban J connectivity index is 2.35. The van der Waals surface area contributed by atoms with Crippen LogP contribution in [0.4, 0.5) is 11.4 Å². The van der Waals surface area contributed by atoms with Crippen molar-refractivity contribution in [2.75, 3.05) is 23.7 Å². The summed E-state index contributed by atoms with van der Waals surface area (Å²) >= 11 is 3.47. The standard InChI is InChI=1S/C10H12BrN3/c11-8-6-13-7-9(12)10(8)14-4-2-1-3-5-14/h1-2,6-7H,3-5,12H2. The summed E-state index contributed by atoms with van der Waals surface area (Å²) in [5, 5.41) is 0. The van der Waals surface area contributed by atoms with Gasteiger partial charge < -0.3 is 10.6 Å². The number of rotatable bonds is 1. The summed E-state index contributed by atoms with van der Waals surface area (Å²) < 4.78 is 0.966. The van der Waals surface area contributed by atoms with E-state index in [9.17, 15) is 0 Å². The summed E-state index contributed by atoms with van der Waals surface area (Å²) in [4.78, 5) is 6.27. The number of hydrogen-bond acceptors (Lipinski definition) is 3. The third-order valence-corrected chi connectivity index (χ3v) is 2.86. The molecule has 0 radical (unpaired) electrons. The highest BCUT2D eigenvalue weighted by molar-refractivity contribution is 9.10. The summed E-state index contributed by atoms with van der Waals surface area (Å²) in [5.74, 6) is 0. The molecular weight excluding hydrogens is 242 g/mol. The first-order chi connectivity index (χ1) is 6.79. The molecule has 1 aliphatic rings. The number of nitrogens with zero attached hydrogens (tertiary/aromatic N) is 2. The third-order valence-electron chi connectivity index (χ3n) is 2.28. The molecule has 0 spiro atoms. The average Bonchev–Trinajstić information content (AvgIpc) is 2.19. The molecule has 2 N–H and O–H groups in total. The normalized spacial score (nSPS) is 15.9. The first kappa shape index (κ1) is 9.52. The Morgan fingerprint density at radius 2 is 2.21 bits per heavy atom. The molecule has 2 rings (SSSR count). The van der Waals surface area contributed by atoms with Crippen molar-refractivity contribution in [3.63, 3.8) is 0 Å². The van der Waals surface area contributed by atoms with Crippen LogP contribution in [0.25, 0.3) is 0 Å². The highest BCUT2D eigenvalue weighted by atomic mass is 79.9. The molecule has 1 aliphatic heterocycles. The van der Waals surface area contributed by atoms with E-state index < -0.39 is 0 Å². The molecule has 0 fully saturated rings. The number of hydrogen-bond donors (Lipinski definition) is 1. The fourth-order valence-corrected chi connectivity index (χ4v) is 2.22. The maximum Gasteiger partial charge on any atom is 0.0778 e. The lowest BCUT2D eigenvalue weighted by atomic mass is 10.2. The monoisotopic (exact) mass is 253 g/mol. The SMILES string of the molecule is Nc1cncc(Br)c1N1CC=CCC1. The van der Waals surface area contributed by atoms with Gasteiger partial charge in [-0.15, -0.1) is 0 Å². The molecule has 1 aromatic heterocycles. The molecular formula is C10H12BrN3. The smallest absolute Gasteiger partial charge is 0.0778 e. The minimum atomic E-state index is 0.731. The van der Waals surface area contributed by atoms with E-state index in [1.165, 1.54) is 0 Å². The fourth-order valence-electron chi connectivity index (χ4n) is 1.62. The van der Waals surface area contributed by atoms with Crippen LogP contribution in [0.3, 0.4) is 0 Å². The van der Waals surface area contributed by atoms with Gasteiger partial charge in [-0.05, 0) is 22.4 Å². The van der Waals surface area contributed by atoms with Gasteiger partial charge in [0.2, 0.25) is 0 Å². The van der Waals surface area contributed by atoms with Crippen LogP contribution < -0.4 is 10.6 Å². The lowest BCUT2D eigenvalue weighted by molar-refractivity contribution is 0.819. The highest BCUT2D eigenvalue weighted by Gasteiger charge is 2.13. The van der Waals surface area contributed by atoms with Crippen molar-refractivity contribution in [1.82, 2.24) is 4.98 Å². The van der Waals surface area contributed by atoms with Gasteiger partial charge in [0, 0.05) is 19.3 Å². The maximum absolute atomic E-state index is 5.89. The molecule has 0 bridgehead atoms. The Bertz CT molecular complexity index is 342. The molecule has 0 saturated heterocycles. The molecule has 1 aromatic rings. The highest BCUT2D eigenvalue weighted by Crippen LogP contribution is 2.31. The van der Waals surface area contributed by atoms with Crippen molar-refractivity contribution < 1.29 is 0 Å². The Hall–Kier alpha value is -1.03. The summed E-state index contributed by atoms with van der Waals surface area (Å²) in [7, 11) is 0. The Morgan fingerprint density at radius 3 is 2.86 bits per heavy atom. The molecule has 0 saturated carbocycles. The minimum Gasteiger partial charge on any atom is -0.396 e. The summed E-state index contributed by atoms with van der Waals surface area (Å²) in [6.45, 7) is 1.94. The lowest BCUT2D eigenvalue weighted by Gasteiger charge is -2.27. The van der Waals surface area contributed by atoms with E-state index in [-0.39, 0.29) is 0 Å². The number of halogens is 1. The quantitative estimate of drug-likeness (QED) is 0.781. The molecule has 0 aliphatic carbocycles. The van der Waals surface area contributed by atoms with E-state index in [0.29, 0.717) is 0 Å². The van der Waals surface area contributed by atoms with E-state index in [1.54, 1.807) is 12.4 Å². The second-order valence-corrected chi connectivity index (χ2v) is 4.12. The second kappa shape index (κ2) is 4.00. The summed E-state index contributed by atoms with van der Waals surface area (Å²) in [6, 6.07) is 0. The van der Waals surface area contributed by atoms with Crippen LogP contribution in [0.5, 0.6) is 0 Å². The van der Waals surface area contributed by atoms with Gasteiger partial charge in [-0.2, -0.15) is 0 Å². The summed E-state index contributed by atoms with van der Waals surface area (Å²) in [6.07, 6.45) is 8.91. The predicted molar refractivity (Wildman–Crippen MR) is 62.3 cm³/mol. The lowest BCUT2D eigenvalue weighted by Crippen LogP contribution is -2.27. The molecule has 14 heavy (non-hydrogen) atoms. The van der Waals surface area contributed by atoms with Gasteiger partial charge >= 0.3 is 0 Å². The first-order valence-corrected chi connectivity index (χ1v) is 5.37. The zero-order valence-electron chi connectivity index (χ0n) is 7.78. The molecule has 74 valence electrons. The van der Waals surface area contributed by atoms with Crippen LogP contribution in [-0.4, -0.2) is 18.1 Å². The van der Waals surface area contributed by atoms with Crippen molar-refractivity contribution in [3.05, 3.63) is 29.0 Å². The van der Waals surface area contributed by atoms with Crippen molar-refractivity contribution in [1.29, 1.82) is 0 Å². The number of anilines is 2. The topological polar surface area (TPSA) is 42.1 Å². The van der Waals surface area contributed by atoms with E-state index in [0.717, 1.165) is 35.4 Å². The van der Waals surface area contributed by atoms with Gasteiger partial charge in [-0.1, -0.05) is 12.2 Å². The zero-order valence-corrected chi connectivity index (χ0v) is 9.37. The minimum absolute atomic E-state index is 0.731. The van der Waals surface area contributed by atoms with Crippen LogP contribution in [-0.2, 0) is 0 Å². The van der Waals surface area contributed by atoms with Crippen LogP contribution >= 0.6 is 15.9 Å².